The van der Waals surface area contributed by atoms with Crippen molar-refractivity contribution in [1.82, 2.24) is 0 Å². The highest BCUT2D eigenvalue weighted by molar-refractivity contribution is 4.94. The van der Waals surface area contributed by atoms with Crippen LogP contribution in [0.1, 0.15) is 54.4 Å². The number of hydrogen-bond acceptors (Lipinski definition) is 0. The fourth-order valence-corrected chi connectivity index (χ4v) is 3.29. The van der Waals surface area contributed by atoms with Crippen LogP contribution in [0.2, 0.25) is 0 Å². The molecule has 13 heavy (non-hydrogen) atoms. The first-order valence-corrected chi connectivity index (χ1v) is 5.90. The molecule has 1 aliphatic rings. The summed E-state index contributed by atoms with van der Waals surface area (Å²) in [5.74, 6) is 3.56. The average Bonchev–Trinajstić information content (AvgIpc) is 2.29. The van der Waals surface area contributed by atoms with E-state index in [-0.39, 0.29) is 0 Å². The minimum Gasteiger partial charge on any atom is -0.0622 e. The van der Waals surface area contributed by atoms with Gasteiger partial charge >= 0.3 is 0 Å². The summed E-state index contributed by atoms with van der Waals surface area (Å²) in [7, 11) is 0. The first kappa shape index (κ1) is 11.1. The molecule has 0 radical (unpaired) electrons. The highest BCUT2D eigenvalue weighted by atomic mass is 14.5. The van der Waals surface area contributed by atoms with Crippen LogP contribution in [0, 0.1) is 29.1 Å². The van der Waals surface area contributed by atoms with Gasteiger partial charge in [-0.05, 0) is 41.9 Å². The lowest BCUT2D eigenvalue weighted by molar-refractivity contribution is 0.112. The third-order valence-corrected chi connectivity index (χ3v) is 4.68. The van der Waals surface area contributed by atoms with Crippen molar-refractivity contribution in [2.24, 2.45) is 29.1 Å². The van der Waals surface area contributed by atoms with Gasteiger partial charge in [0, 0.05) is 0 Å². The first-order chi connectivity index (χ1) is 5.90. The summed E-state index contributed by atoms with van der Waals surface area (Å²) in [6, 6.07) is 0. The summed E-state index contributed by atoms with van der Waals surface area (Å²) in [5.41, 5.74) is 0.638. The van der Waals surface area contributed by atoms with Crippen molar-refractivity contribution in [3.05, 3.63) is 0 Å². The Kier molecular flexibility index (Phi) is 3.09. The monoisotopic (exact) mass is 182 g/mol. The highest BCUT2D eigenvalue weighted by Crippen LogP contribution is 2.54. The van der Waals surface area contributed by atoms with E-state index in [0.29, 0.717) is 5.41 Å². The Morgan fingerprint density at radius 3 is 1.31 bits per heavy atom. The summed E-state index contributed by atoms with van der Waals surface area (Å²) in [5, 5.41) is 0. The zero-order chi connectivity index (χ0) is 10.2. The lowest BCUT2D eigenvalue weighted by Gasteiger charge is -2.38. The SMILES string of the molecule is CC1CC(C(C)C)(C(C)C)CC1C. The quantitative estimate of drug-likeness (QED) is 0.595. The molecular formula is C13H26. The van der Waals surface area contributed by atoms with Gasteiger partial charge in [-0.25, -0.2) is 0 Å². The lowest BCUT2D eigenvalue weighted by Crippen LogP contribution is -2.30. The van der Waals surface area contributed by atoms with Crippen molar-refractivity contribution in [2.45, 2.75) is 54.4 Å². The normalized spacial score (nSPS) is 33.2. The molecule has 0 aromatic carbocycles. The van der Waals surface area contributed by atoms with Crippen LogP contribution in [-0.2, 0) is 0 Å². The molecule has 1 aliphatic carbocycles. The van der Waals surface area contributed by atoms with Gasteiger partial charge in [0.1, 0.15) is 0 Å². The average molecular weight is 182 g/mol. The van der Waals surface area contributed by atoms with Crippen molar-refractivity contribution in [1.29, 1.82) is 0 Å². The molecule has 0 N–H and O–H groups in total. The van der Waals surface area contributed by atoms with Gasteiger partial charge in [0.15, 0.2) is 0 Å². The van der Waals surface area contributed by atoms with Crippen molar-refractivity contribution in [2.75, 3.05) is 0 Å². The molecule has 1 rings (SSSR count). The maximum atomic E-state index is 2.43. The summed E-state index contributed by atoms with van der Waals surface area (Å²) in [6.07, 6.45) is 2.90. The smallest absolute Gasteiger partial charge is 0.0246 e. The standard InChI is InChI=1S/C13H26/c1-9(2)13(10(3)4)7-11(5)12(6)8-13/h9-12H,7-8H2,1-6H3. The molecular weight excluding hydrogens is 156 g/mol. The highest BCUT2D eigenvalue weighted by Gasteiger charge is 2.45. The Labute approximate surface area is 84.1 Å². The minimum atomic E-state index is 0.638. The van der Waals surface area contributed by atoms with Gasteiger partial charge < -0.3 is 0 Å². The van der Waals surface area contributed by atoms with E-state index >= 15 is 0 Å². The predicted molar refractivity (Wildman–Crippen MR) is 59.7 cm³/mol. The van der Waals surface area contributed by atoms with Gasteiger partial charge in [0.2, 0.25) is 0 Å². The van der Waals surface area contributed by atoms with Crippen molar-refractivity contribution >= 4 is 0 Å². The molecule has 1 saturated carbocycles. The molecule has 2 unspecified atom stereocenters. The third-order valence-electron chi connectivity index (χ3n) is 4.68. The largest absolute Gasteiger partial charge is 0.0622 e. The van der Waals surface area contributed by atoms with Crippen LogP contribution in [0.4, 0.5) is 0 Å². The number of rotatable bonds is 2. The Morgan fingerprint density at radius 1 is 0.846 bits per heavy atom. The van der Waals surface area contributed by atoms with Crippen LogP contribution < -0.4 is 0 Å². The second kappa shape index (κ2) is 3.63. The lowest BCUT2D eigenvalue weighted by atomic mass is 9.67. The van der Waals surface area contributed by atoms with Crippen LogP contribution >= 0.6 is 0 Å². The van der Waals surface area contributed by atoms with Crippen molar-refractivity contribution in [3.63, 3.8) is 0 Å². The van der Waals surface area contributed by atoms with Gasteiger partial charge in [-0.3, -0.25) is 0 Å². The fourth-order valence-electron chi connectivity index (χ4n) is 3.29. The zero-order valence-electron chi connectivity index (χ0n) is 10.2. The van der Waals surface area contributed by atoms with Crippen molar-refractivity contribution < 1.29 is 0 Å². The summed E-state index contributed by atoms with van der Waals surface area (Å²) >= 11 is 0. The van der Waals surface area contributed by atoms with E-state index in [1.165, 1.54) is 12.8 Å². The van der Waals surface area contributed by atoms with Crippen LogP contribution in [0.25, 0.3) is 0 Å². The van der Waals surface area contributed by atoms with Gasteiger partial charge in [-0.15, -0.1) is 0 Å². The molecule has 2 atom stereocenters. The molecule has 0 saturated heterocycles. The molecule has 1 fully saturated rings. The van der Waals surface area contributed by atoms with Gasteiger partial charge in [0.25, 0.3) is 0 Å². The maximum absolute atomic E-state index is 2.43. The Morgan fingerprint density at radius 2 is 1.15 bits per heavy atom. The topological polar surface area (TPSA) is 0 Å². The van der Waals surface area contributed by atoms with Crippen molar-refractivity contribution in [3.8, 4) is 0 Å². The van der Waals surface area contributed by atoms with E-state index < -0.39 is 0 Å². The van der Waals surface area contributed by atoms with E-state index in [1.54, 1.807) is 0 Å². The third kappa shape index (κ3) is 1.78. The maximum Gasteiger partial charge on any atom is -0.0246 e. The van der Waals surface area contributed by atoms with E-state index in [0.717, 1.165) is 23.7 Å². The van der Waals surface area contributed by atoms with E-state index in [2.05, 4.69) is 41.5 Å². The van der Waals surface area contributed by atoms with E-state index in [1.807, 2.05) is 0 Å². The molecule has 78 valence electrons. The molecule has 0 nitrogen and oxygen atoms in total. The molecule has 0 amide bonds. The van der Waals surface area contributed by atoms with Crippen LogP contribution in [0.3, 0.4) is 0 Å². The first-order valence-electron chi connectivity index (χ1n) is 5.90. The fraction of sp³-hybridized carbons (Fsp3) is 1.00. The van der Waals surface area contributed by atoms with E-state index in [9.17, 15) is 0 Å². The molecule has 0 aromatic rings. The zero-order valence-corrected chi connectivity index (χ0v) is 10.2. The van der Waals surface area contributed by atoms with Crippen LogP contribution in [0.15, 0.2) is 0 Å². The van der Waals surface area contributed by atoms with E-state index in [4.69, 9.17) is 0 Å². The molecule has 0 aliphatic heterocycles. The Hall–Kier alpha value is 0. The van der Waals surface area contributed by atoms with Gasteiger partial charge in [-0.2, -0.15) is 0 Å². The molecule has 0 aromatic heterocycles. The molecule has 0 spiro atoms. The molecule has 0 heteroatoms. The Bertz CT molecular complexity index is 147. The second-order valence-electron chi connectivity index (χ2n) is 5.91. The summed E-state index contributed by atoms with van der Waals surface area (Å²) in [6.45, 7) is 14.5. The van der Waals surface area contributed by atoms with Crippen LogP contribution in [0.5, 0.6) is 0 Å². The number of hydrogen-bond donors (Lipinski definition) is 0. The van der Waals surface area contributed by atoms with Gasteiger partial charge in [-0.1, -0.05) is 41.5 Å². The second-order valence-corrected chi connectivity index (χ2v) is 5.91. The minimum absolute atomic E-state index is 0.638. The Balaban J connectivity index is 2.83. The molecule has 0 heterocycles. The molecule has 0 bridgehead atoms. The van der Waals surface area contributed by atoms with Crippen LogP contribution in [-0.4, -0.2) is 0 Å². The summed E-state index contributed by atoms with van der Waals surface area (Å²) < 4.78 is 0. The van der Waals surface area contributed by atoms with Gasteiger partial charge in [0.05, 0.1) is 0 Å². The predicted octanol–water partition coefficient (Wildman–Crippen LogP) is 4.35. The summed E-state index contributed by atoms with van der Waals surface area (Å²) in [4.78, 5) is 0.